The summed E-state index contributed by atoms with van der Waals surface area (Å²) in [5, 5.41) is 9.71. The third-order valence-corrected chi connectivity index (χ3v) is 8.09. The van der Waals surface area contributed by atoms with Gasteiger partial charge in [0.2, 0.25) is 0 Å². The van der Waals surface area contributed by atoms with Crippen LogP contribution in [0.5, 0.6) is 0 Å². The molecule has 0 spiro atoms. The van der Waals surface area contributed by atoms with Gasteiger partial charge < -0.3 is 9.64 Å². The van der Waals surface area contributed by atoms with Gasteiger partial charge in [-0.2, -0.15) is 5.26 Å². The third kappa shape index (κ3) is 5.33. The molecule has 1 amide bonds. The largest absolute Gasteiger partial charge is 0.466 e. The quantitative estimate of drug-likeness (QED) is 0.313. The van der Waals surface area contributed by atoms with Crippen molar-refractivity contribution in [3.05, 3.63) is 67.8 Å². The van der Waals surface area contributed by atoms with Crippen LogP contribution in [0.15, 0.2) is 40.0 Å². The number of hydrogen-bond acceptors (Lipinski definition) is 8. The standard InChI is InChI=1S/C27H28N4O4S2/c1-4-35-26(34)19-10-12-30(13-11-19)23-20(17(2)21(15-28)24(32)29(23)3)14-22-25(33)31(27(36)37-22)16-18-8-6-5-7-9-18/h5-9,14,19H,4,10-13,16H2,1-3H3. The Kier molecular flexibility index (Phi) is 8.15. The maximum absolute atomic E-state index is 13.4. The second kappa shape index (κ2) is 11.3. The lowest BCUT2D eigenvalue weighted by molar-refractivity contribution is -0.148. The average molecular weight is 537 g/mol. The first-order valence-electron chi connectivity index (χ1n) is 12.1. The number of nitrogens with zero attached hydrogens (tertiary/aromatic N) is 4. The fraction of sp³-hybridized carbons (Fsp3) is 0.370. The first kappa shape index (κ1) is 26.6. The van der Waals surface area contributed by atoms with E-state index in [1.807, 2.05) is 41.3 Å². The van der Waals surface area contributed by atoms with Gasteiger partial charge in [-0.25, -0.2) is 0 Å². The molecule has 4 rings (SSSR count). The molecule has 0 bridgehead atoms. The van der Waals surface area contributed by atoms with Crippen molar-refractivity contribution in [2.24, 2.45) is 13.0 Å². The van der Waals surface area contributed by atoms with Crippen molar-refractivity contribution >= 4 is 52.1 Å². The zero-order chi connectivity index (χ0) is 26.7. The van der Waals surface area contributed by atoms with E-state index in [1.54, 1.807) is 31.9 Å². The molecule has 2 fully saturated rings. The number of hydrogen-bond donors (Lipinski definition) is 0. The molecule has 8 nitrogen and oxygen atoms in total. The molecule has 0 atom stereocenters. The molecule has 0 saturated carbocycles. The van der Waals surface area contributed by atoms with Crippen molar-refractivity contribution in [3.8, 4) is 6.07 Å². The second-order valence-corrected chi connectivity index (χ2v) is 10.7. The maximum atomic E-state index is 13.4. The summed E-state index contributed by atoms with van der Waals surface area (Å²) < 4.78 is 7.11. The number of benzene rings is 1. The summed E-state index contributed by atoms with van der Waals surface area (Å²) in [6.45, 7) is 5.31. The van der Waals surface area contributed by atoms with Gasteiger partial charge in [-0.3, -0.25) is 23.9 Å². The molecule has 37 heavy (non-hydrogen) atoms. The topological polar surface area (TPSA) is 95.6 Å². The number of esters is 1. The molecule has 192 valence electrons. The Bertz CT molecular complexity index is 1370. The van der Waals surface area contributed by atoms with Crippen molar-refractivity contribution in [2.75, 3.05) is 24.6 Å². The number of rotatable bonds is 6. The van der Waals surface area contributed by atoms with Gasteiger partial charge in [0.25, 0.3) is 11.5 Å². The minimum Gasteiger partial charge on any atom is -0.466 e. The van der Waals surface area contributed by atoms with E-state index in [9.17, 15) is 19.6 Å². The molecular formula is C27H28N4O4S2. The molecule has 2 saturated heterocycles. The number of aromatic nitrogens is 1. The normalized spacial score (nSPS) is 17.4. The number of thiocarbonyl (C=S) groups is 1. The fourth-order valence-corrected chi connectivity index (χ4v) is 5.95. The smallest absolute Gasteiger partial charge is 0.309 e. The van der Waals surface area contributed by atoms with Gasteiger partial charge in [-0.15, -0.1) is 0 Å². The number of amides is 1. The molecule has 1 aromatic carbocycles. The summed E-state index contributed by atoms with van der Waals surface area (Å²) in [5.74, 6) is 0.0227. The number of pyridine rings is 1. The zero-order valence-corrected chi connectivity index (χ0v) is 22.7. The van der Waals surface area contributed by atoms with Crippen LogP contribution in [0.4, 0.5) is 5.82 Å². The Labute approximate surface area is 225 Å². The van der Waals surface area contributed by atoms with E-state index in [1.165, 1.54) is 16.3 Å². The summed E-state index contributed by atoms with van der Waals surface area (Å²) in [6, 6.07) is 11.7. The minimum absolute atomic E-state index is 0.0404. The second-order valence-electron chi connectivity index (χ2n) is 8.98. The molecule has 0 unspecified atom stereocenters. The van der Waals surface area contributed by atoms with E-state index in [0.29, 0.717) is 65.3 Å². The minimum atomic E-state index is -0.392. The van der Waals surface area contributed by atoms with E-state index in [4.69, 9.17) is 17.0 Å². The van der Waals surface area contributed by atoms with Gasteiger partial charge in [0, 0.05) is 25.7 Å². The van der Waals surface area contributed by atoms with Crippen molar-refractivity contribution < 1.29 is 14.3 Å². The van der Waals surface area contributed by atoms with Crippen LogP contribution in [0.1, 0.15) is 42.0 Å². The Morgan fingerprint density at radius 2 is 1.92 bits per heavy atom. The molecular weight excluding hydrogens is 508 g/mol. The van der Waals surface area contributed by atoms with Crippen LogP contribution in [0.25, 0.3) is 6.08 Å². The average Bonchev–Trinajstić information content (AvgIpc) is 3.16. The van der Waals surface area contributed by atoms with Crippen molar-refractivity contribution in [3.63, 3.8) is 0 Å². The van der Waals surface area contributed by atoms with E-state index >= 15 is 0 Å². The SMILES string of the molecule is CCOC(=O)C1CCN(c2c(C=C3SC(=S)N(Cc4ccccc4)C3=O)c(C)c(C#N)c(=O)n2C)CC1. The fourth-order valence-electron chi connectivity index (χ4n) is 4.71. The van der Waals surface area contributed by atoms with Crippen LogP contribution >= 0.6 is 24.0 Å². The van der Waals surface area contributed by atoms with E-state index < -0.39 is 5.56 Å². The van der Waals surface area contributed by atoms with Gasteiger partial charge >= 0.3 is 5.97 Å². The van der Waals surface area contributed by atoms with Crippen LogP contribution < -0.4 is 10.5 Å². The zero-order valence-electron chi connectivity index (χ0n) is 21.0. The monoisotopic (exact) mass is 536 g/mol. The summed E-state index contributed by atoms with van der Waals surface area (Å²) in [4.78, 5) is 42.7. The molecule has 2 aliphatic heterocycles. The number of nitriles is 1. The highest BCUT2D eigenvalue weighted by molar-refractivity contribution is 8.26. The molecule has 0 aliphatic carbocycles. The number of anilines is 1. The molecule has 0 radical (unpaired) electrons. The summed E-state index contributed by atoms with van der Waals surface area (Å²) in [6.07, 6.45) is 2.92. The Morgan fingerprint density at radius 1 is 1.24 bits per heavy atom. The summed E-state index contributed by atoms with van der Waals surface area (Å²) in [7, 11) is 1.63. The highest BCUT2D eigenvalue weighted by Crippen LogP contribution is 2.37. The van der Waals surface area contributed by atoms with E-state index in [-0.39, 0.29) is 23.4 Å². The van der Waals surface area contributed by atoms with Gasteiger partial charge in [0.1, 0.15) is 21.8 Å². The number of carbonyl (C=O) groups excluding carboxylic acids is 2. The van der Waals surface area contributed by atoms with Crippen LogP contribution in [-0.4, -0.2) is 45.4 Å². The highest BCUT2D eigenvalue weighted by atomic mass is 32.2. The summed E-state index contributed by atoms with van der Waals surface area (Å²) >= 11 is 6.73. The number of ether oxygens (including phenoxy) is 1. The lowest BCUT2D eigenvalue weighted by Gasteiger charge is -2.35. The number of carbonyl (C=O) groups is 2. The van der Waals surface area contributed by atoms with Crippen molar-refractivity contribution in [1.29, 1.82) is 5.26 Å². The molecule has 0 N–H and O–H groups in total. The van der Waals surface area contributed by atoms with Gasteiger partial charge in [-0.05, 0) is 43.9 Å². The predicted octanol–water partition coefficient (Wildman–Crippen LogP) is 3.75. The first-order chi connectivity index (χ1) is 17.8. The Morgan fingerprint density at radius 3 is 2.54 bits per heavy atom. The maximum Gasteiger partial charge on any atom is 0.309 e. The van der Waals surface area contributed by atoms with Gasteiger partial charge in [-0.1, -0.05) is 54.3 Å². The van der Waals surface area contributed by atoms with Gasteiger partial charge in [0.15, 0.2) is 0 Å². The van der Waals surface area contributed by atoms with Crippen molar-refractivity contribution in [2.45, 2.75) is 33.2 Å². The van der Waals surface area contributed by atoms with Crippen LogP contribution in [0.2, 0.25) is 0 Å². The molecule has 1 aromatic heterocycles. The van der Waals surface area contributed by atoms with Crippen molar-refractivity contribution in [1.82, 2.24) is 9.47 Å². The van der Waals surface area contributed by atoms with E-state index in [0.717, 1.165) is 5.56 Å². The lowest BCUT2D eigenvalue weighted by atomic mass is 9.95. The predicted molar refractivity (Wildman–Crippen MR) is 148 cm³/mol. The van der Waals surface area contributed by atoms with Crippen LogP contribution in [-0.2, 0) is 27.9 Å². The van der Waals surface area contributed by atoms with Crippen LogP contribution in [0, 0.1) is 24.2 Å². The molecule has 3 heterocycles. The molecule has 10 heteroatoms. The first-order valence-corrected chi connectivity index (χ1v) is 13.3. The van der Waals surface area contributed by atoms with E-state index in [2.05, 4.69) is 0 Å². The Hall–Kier alpha value is -3.42. The number of thioether (sulfide) groups is 1. The number of piperidine rings is 1. The summed E-state index contributed by atoms with van der Waals surface area (Å²) in [5.41, 5.74) is 1.76. The lowest BCUT2D eigenvalue weighted by Crippen LogP contribution is -2.40. The molecule has 2 aromatic rings. The van der Waals surface area contributed by atoms with Crippen LogP contribution in [0.3, 0.4) is 0 Å². The Balaban J connectivity index is 1.70. The molecule has 2 aliphatic rings. The van der Waals surface area contributed by atoms with Gasteiger partial charge in [0.05, 0.1) is 24.0 Å². The third-order valence-electron chi connectivity index (χ3n) is 6.71. The highest BCUT2D eigenvalue weighted by Gasteiger charge is 2.34.